The molecule has 1 aliphatic rings. The van der Waals surface area contributed by atoms with E-state index < -0.39 is 11.6 Å². The smallest absolute Gasteiger partial charge is 0.273 e. The average Bonchev–Trinajstić information content (AvgIpc) is 3.16. The van der Waals surface area contributed by atoms with E-state index in [1.54, 1.807) is 0 Å². The monoisotopic (exact) mass is 393 g/mol. The van der Waals surface area contributed by atoms with Crippen LogP contribution in [0.5, 0.6) is 5.75 Å². The van der Waals surface area contributed by atoms with E-state index in [4.69, 9.17) is 9.15 Å². The molecule has 2 aromatic rings. The van der Waals surface area contributed by atoms with E-state index >= 15 is 0 Å². The molecule has 1 aliphatic heterocycles. The Morgan fingerprint density at radius 2 is 2.25 bits per heavy atom. The van der Waals surface area contributed by atoms with Crippen molar-refractivity contribution in [1.29, 1.82) is 0 Å². The number of amides is 1. The normalized spacial score (nSPS) is 17.7. The van der Waals surface area contributed by atoms with Crippen molar-refractivity contribution in [1.82, 2.24) is 15.2 Å². The number of nitrogens with zero attached hydrogens (tertiary/aromatic N) is 2. The predicted molar refractivity (Wildman–Crippen MR) is 99.0 cm³/mol. The van der Waals surface area contributed by atoms with E-state index in [0.29, 0.717) is 18.5 Å². The lowest BCUT2D eigenvalue weighted by Gasteiger charge is -2.35. The van der Waals surface area contributed by atoms with E-state index in [2.05, 4.69) is 29.0 Å². The second kappa shape index (κ2) is 9.14. The van der Waals surface area contributed by atoms with Gasteiger partial charge in [0.15, 0.2) is 23.9 Å². The van der Waals surface area contributed by atoms with Gasteiger partial charge >= 0.3 is 0 Å². The van der Waals surface area contributed by atoms with Crippen LogP contribution in [0.1, 0.15) is 43.1 Å². The van der Waals surface area contributed by atoms with Crippen LogP contribution in [-0.2, 0) is 6.61 Å². The number of piperidine rings is 1. The van der Waals surface area contributed by atoms with Crippen LogP contribution in [0.15, 0.2) is 28.9 Å². The van der Waals surface area contributed by atoms with Crippen molar-refractivity contribution in [2.24, 2.45) is 5.92 Å². The largest absolute Gasteiger partial charge is 0.481 e. The van der Waals surface area contributed by atoms with Crippen LogP contribution < -0.4 is 10.1 Å². The molecule has 1 aromatic carbocycles. The maximum atomic E-state index is 13.6. The second-order valence-corrected chi connectivity index (χ2v) is 7.27. The minimum Gasteiger partial charge on any atom is -0.481 e. The number of hydrogen-bond donors (Lipinski definition) is 1. The molecule has 6 nitrogen and oxygen atoms in total. The average molecular weight is 393 g/mol. The Balaban J connectivity index is 1.49. The van der Waals surface area contributed by atoms with Gasteiger partial charge in [-0.2, -0.15) is 4.39 Å². The molecule has 0 radical (unpaired) electrons. The first-order chi connectivity index (χ1) is 13.4. The fourth-order valence-electron chi connectivity index (χ4n) is 3.28. The molecule has 0 bridgehead atoms. The molecule has 0 spiro atoms. The third-order valence-corrected chi connectivity index (χ3v) is 4.88. The van der Waals surface area contributed by atoms with Crippen molar-refractivity contribution in [3.63, 3.8) is 0 Å². The first kappa shape index (κ1) is 20.3. The van der Waals surface area contributed by atoms with E-state index in [9.17, 15) is 13.6 Å². The summed E-state index contributed by atoms with van der Waals surface area (Å²) >= 11 is 0. The highest BCUT2D eigenvalue weighted by Crippen LogP contribution is 2.20. The van der Waals surface area contributed by atoms with E-state index in [1.165, 1.54) is 18.4 Å². The number of carbonyl (C=O) groups excluding carboxylic acids is 1. The van der Waals surface area contributed by atoms with Crippen molar-refractivity contribution in [3.05, 3.63) is 47.7 Å². The number of benzene rings is 1. The number of aromatic nitrogens is 1. The third kappa shape index (κ3) is 5.07. The standard InChI is InChI=1S/C20H25F2N3O3/c1-13(2)25-8-4-5-14(10-25)9-23-20(26)16-11-28-18(24-16)12-27-17-7-3-6-15(21)19(17)22/h3,6-7,11,13-14H,4-5,8-10,12H2,1-2H3,(H,23,26)/t14-/m1/s1. The molecule has 1 saturated heterocycles. The van der Waals surface area contributed by atoms with Crippen molar-refractivity contribution < 1.29 is 22.7 Å². The molecule has 28 heavy (non-hydrogen) atoms. The summed E-state index contributed by atoms with van der Waals surface area (Å²) in [5.74, 6) is -2.12. The van der Waals surface area contributed by atoms with E-state index in [-0.39, 0.29) is 29.8 Å². The highest BCUT2D eigenvalue weighted by Gasteiger charge is 2.22. The van der Waals surface area contributed by atoms with Crippen molar-refractivity contribution >= 4 is 5.91 Å². The first-order valence-corrected chi connectivity index (χ1v) is 9.47. The molecule has 0 saturated carbocycles. The van der Waals surface area contributed by atoms with Gasteiger partial charge in [0.25, 0.3) is 5.91 Å². The number of oxazole rings is 1. The molecule has 8 heteroatoms. The molecule has 152 valence electrons. The Morgan fingerprint density at radius 3 is 3.04 bits per heavy atom. The molecular weight excluding hydrogens is 368 g/mol. The summed E-state index contributed by atoms with van der Waals surface area (Å²) < 4.78 is 37.1. The molecule has 1 N–H and O–H groups in total. The summed E-state index contributed by atoms with van der Waals surface area (Å²) in [4.78, 5) is 18.8. The highest BCUT2D eigenvalue weighted by molar-refractivity contribution is 5.91. The van der Waals surface area contributed by atoms with Gasteiger partial charge in [-0.15, -0.1) is 0 Å². The fraction of sp³-hybridized carbons (Fsp3) is 0.500. The number of halogens is 2. The zero-order valence-corrected chi connectivity index (χ0v) is 16.1. The van der Waals surface area contributed by atoms with Crippen LogP contribution >= 0.6 is 0 Å². The van der Waals surface area contributed by atoms with E-state index in [0.717, 1.165) is 32.0 Å². The van der Waals surface area contributed by atoms with Crippen molar-refractivity contribution in [2.75, 3.05) is 19.6 Å². The zero-order valence-electron chi connectivity index (χ0n) is 16.1. The van der Waals surface area contributed by atoms with Gasteiger partial charge in [0, 0.05) is 19.1 Å². The van der Waals surface area contributed by atoms with Gasteiger partial charge in [-0.1, -0.05) is 6.07 Å². The minimum atomic E-state index is -1.07. The Morgan fingerprint density at radius 1 is 1.43 bits per heavy atom. The van der Waals surface area contributed by atoms with Crippen LogP contribution in [0, 0.1) is 17.6 Å². The lowest BCUT2D eigenvalue weighted by Crippen LogP contribution is -2.43. The van der Waals surface area contributed by atoms with Crippen LogP contribution in [0.2, 0.25) is 0 Å². The van der Waals surface area contributed by atoms with Crippen LogP contribution in [-0.4, -0.2) is 41.5 Å². The Kier molecular flexibility index (Phi) is 6.61. The molecule has 0 aliphatic carbocycles. The van der Waals surface area contributed by atoms with Crippen LogP contribution in [0.4, 0.5) is 8.78 Å². The summed E-state index contributed by atoms with van der Waals surface area (Å²) in [5, 5.41) is 2.89. The topological polar surface area (TPSA) is 67.6 Å². The maximum absolute atomic E-state index is 13.6. The van der Waals surface area contributed by atoms with Gasteiger partial charge in [-0.05, 0) is 51.3 Å². The van der Waals surface area contributed by atoms with E-state index in [1.807, 2.05) is 0 Å². The van der Waals surface area contributed by atoms with Gasteiger partial charge in [-0.25, -0.2) is 9.37 Å². The number of nitrogens with one attached hydrogen (secondary N) is 1. The van der Waals surface area contributed by atoms with Gasteiger partial charge in [0.05, 0.1) is 0 Å². The number of ether oxygens (including phenoxy) is 1. The lowest BCUT2D eigenvalue weighted by molar-refractivity contribution is 0.0917. The predicted octanol–water partition coefficient (Wildman–Crippen LogP) is 3.38. The van der Waals surface area contributed by atoms with Gasteiger partial charge in [0.2, 0.25) is 11.7 Å². The Labute approximate surface area is 162 Å². The maximum Gasteiger partial charge on any atom is 0.273 e. The van der Waals surface area contributed by atoms with Gasteiger partial charge in [0.1, 0.15) is 6.26 Å². The summed E-state index contributed by atoms with van der Waals surface area (Å²) in [6.07, 6.45) is 3.44. The number of hydrogen-bond acceptors (Lipinski definition) is 5. The fourth-order valence-corrected chi connectivity index (χ4v) is 3.28. The first-order valence-electron chi connectivity index (χ1n) is 9.47. The lowest BCUT2D eigenvalue weighted by atomic mass is 9.97. The third-order valence-electron chi connectivity index (χ3n) is 4.88. The SMILES string of the molecule is CC(C)N1CCC[C@H](CNC(=O)c2coc(COc3cccc(F)c3F)n2)C1. The Bertz CT molecular complexity index is 810. The molecular formula is C20H25F2N3O3. The molecule has 2 heterocycles. The molecule has 1 amide bonds. The van der Waals surface area contributed by atoms with Gasteiger partial charge < -0.3 is 19.4 Å². The quantitative estimate of drug-likeness (QED) is 0.781. The summed E-state index contributed by atoms with van der Waals surface area (Å²) in [6, 6.07) is 4.15. The van der Waals surface area contributed by atoms with Gasteiger partial charge in [-0.3, -0.25) is 4.79 Å². The number of likely N-dealkylation sites (tertiary alicyclic amines) is 1. The number of carbonyl (C=O) groups is 1. The molecule has 1 atom stereocenters. The molecule has 1 fully saturated rings. The highest BCUT2D eigenvalue weighted by atomic mass is 19.2. The summed E-state index contributed by atoms with van der Waals surface area (Å²) in [7, 11) is 0. The summed E-state index contributed by atoms with van der Waals surface area (Å²) in [6.45, 7) is 6.79. The zero-order chi connectivity index (χ0) is 20.1. The van der Waals surface area contributed by atoms with Crippen LogP contribution in [0.3, 0.4) is 0 Å². The second-order valence-electron chi connectivity index (χ2n) is 7.27. The minimum absolute atomic E-state index is 0.109. The van der Waals surface area contributed by atoms with Crippen LogP contribution in [0.25, 0.3) is 0 Å². The number of rotatable bonds is 7. The molecule has 0 unspecified atom stereocenters. The summed E-state index contributed by atoms with van der Waals surface area (Å²) in [5.41, 5.74) is 0.134. The van der Waals surface area contributed by atoms with Crippen molar-refractivity contribution in [2.45, 2.75) is 39.3 Å². The molecule has 3 rings (SSSR count). The van der Waals surface area contributed by atoms with Crippen molar-refractivity contribution in [3.8, 4) is 5.75 Å². The Hall–Kier alpha value is -2.48. The molecule has 1 aromatic heterocycles.